The van der Waals surface area contributed by atoms with E-state index in [1.807, 2.05) is 30.8 Å². The summed E-state index contributed by atoms with van der Waals surface area (Å²) in [5.74, 6) is 0.0764. The number of carbonyl (C=O) groups excluding carboxylic acids is 1. The van der Waals surface area contributed by atoms with Crippen LogP contribution in [0, 0.1) is 0 Å². The van der Waals surface area contributed by atoms with E-state index < -0.39 is 5.97 Å². The molecule has 2 aliphatic heterocycles. The highest BCUT2D eigenvalue weighted by atomic mass is 16.6. The Kier molecular flexibility index (Phi) is 3.96. The fourth-order valence-corrected chi connectivity index (χ4v) is 4.19. The third-order valence-electron chi connectivity index (χ3n) is 5.22. The SMILES string of the molecule is COCC12CC(n3cc4cc(C(=O)OC)c(OC(C)C)cc4n3)(CO1)C2. The van der Waals surface area contributed by atoms with Crippen LogP contribution in [-0.2, 0) is 19.7 Å². The average Bonchev–Trinajstić information content (AvgIpc) is 3.24. The Bertz CT molecular complexity index is 851. The van der Waals surface area contributed by atoms with Gasteiger partial charge in [-0.1, -0.05) is 0 Å². The molecule has 2 saturated heterocycles. The Labute approximate surface area is 152 Å². The number of ether oxygens (including phenoxy) is 4. The Morgan fingerprint density at radius 2 is 2.12 bits per heavy atom. The molecule has 3 fully saturated rings. The molecule has 0 amide bonds. The lowest BCUT2D eigenvalue weighted by Crippen LogP contribution is -2.53. The van der Waals surface area contributed by atoms with Crippen LogP contribution in [0.2, 0.25) is 0 Å². The Hall–Kier alpha value is -2.12. The molecule has 26 heavy (non-hydrogen) atoms. The number of aromatic nitrogens is 2. The number of esters is 1. The highest BCUT2D eigenvalue weighted by Crippen LogP contribution is 2.56. The summed E-state index contributed by atoms with van der Waals surface area (Å²) < 4.78 is 24.0. The van der Waals surface area contributed by atoms with Crippen molar-refractivity contribution in [3.63, 3.8) is 0 Å². The van der Waals surface area contributed by atoms with Crippen molar-refractivity contribution < 1.29 is 23.7 Å². The normalized spacial score (nSPS) is 27.0. The lowest BCUT2D eigenvalue weighted by atomic mass is 9.69. The zero-order valence-corrected chi connectivity index (χ0v) is 15.6. The third kappa shape index (κ3) is 2.57. The molecular formula is C19H24N2O5. The molecule has 140 valence electrons. The van der Waals surface area contributed by atoms with E-state index in [1.165, 1.54) is 7.11 Å². The lowest BCUT2D eigenvalue weighted by Gasteiger charge is -2.43. The molecule has 2 bridgehead atoms. The summed E-state index contributed by atoms with van der Waals surface area (Å²) in [4.78, 5) is 12.1. The van der Waals surface area contributed by atoms with Crippen LogP contribution in [-0.4, -0.2) is 54.9 Å². The predicted molar refractivity (Wildman–Crippen MR) is 94.6 cm³/mol. The first-order valence-corrected chi connectivity index (χ1v) is 8.82. The van der Waals surface area contributed by atoms with Crippen LogP contribution in [0.3, 0.4) is 0 Å². The summed E-state index contributed by atoms with van der Waals surface area (Å²) in [6, 6.07) is 3.60. The molecule has 7 heteroatoms. The number of nitrogens with zero attached hydrogens (tertiary/aromatic N) is 2. The monoisotopic (exact) mass is 360 g/mol. The van der Waals surface area contributed by atoms with Crippen LogP contribution < -0.4 is 4.74 Å². The van der Waals surface area contributed by atoms with E-state index in [9.17, 15) is 4.79 Å². The fourth-order valence-electron chi connectivity index (χ4n) is 4.19. The van der Waals surface area contributed by atoms with Gasteiger partial charge in [0.05, 0.1) is 43.1 Å². The second-order valence-corrected chi connectivity index (χ2v) is 7.62. The van der Waals surface area contributed by atoms with Gasteiger partial charge in [-0.25, -0.2) is 4.79 Å². The Morgan fingerprint density at radius 1 is 1.35 bits per heavy atom. The summed E-state index contributed by atoms with van der Waals surface area (Å²) in [6.07, 6.45) is 3.70. The number of fused-ring (bicyclic) bond motifs is 2. The highest BCUT2D eigenvalue weighted by molar-refractivity contribution is 5.97. The molecule has 0 atom stereocenters. The molecule has 0 spiro atoms. The second kappa shape index (κ2) is 5.96. The molecular weight excluding hydrogens is 336 g/mol. The molecule has 1 aromatic heterocycles. The van der Waals surface area contributed by atoms with Crippen LogP contribution in [0.25, 0.3) is 10.9 Å². The number of methoxy groups -OCH3 is 2. The number of hydrogen-bond donors (Lipinski definition) is 0. The van der Waals surface area contributed by atoms with Crippen molar-refractivity contribution in [2.24, 2.45) is 0 Å². The zero-order valence-electron chi connectivity index (χ0n) is 15.6. The van der Waals surface area contributed by atoms with Gasteiger partial charge < -0.3 is 18.9 Å². The van der Waals surface area contributed by atoms with Gasteiger partial charge in [-0.05, 0) is 19.9 Å². The van der Waals surface area contributed by atoms with Gasteiger partial charge in [-0.3, -0.25) is 4.68 Å². The molecule has 0 unspecified atom stereocenters. The van der Waals surface area contributed by atoms with Crippen LogP contribution >= 0.6 is 0 Å². The van der Waals surface area contributed by atoms with E-state index in [4.69, 9.17) is 24.0 Å². The Morgan fingerprint density at radius 3 is 2.77 bits per heavy atom. The van der Waals surface area contributed by atoms with Crippen LogP contribution in [0.4, 0.5) is 0 Å². The highest BCUT2D eigenvalue weighted by Gasteiger charge is 2.64. The van der Waals surface area contributed by atoms with Crippen molar-refractivity contribution in [2.75, 3.05) is 27.4 Å². The standard InChI is InChI=1S/C19H24N2O5/c1-12(2)26-16-6-15-13(5-14(16)17(22)24-4)7-21(20-15)18-8-19(9-18,11-23-3)25-10-18/h5-7,12H,8-11H2,1-4H3. The van der Waals surface area contributed by atoms with Crippen molar-refractivity contribution in [1.82, 2.24) is 9.78 Å². The van der Waals surface area contributed by atoms with E-state index in [0.717, 1.165) is 23.7 Å². The first-order chi connectivity index (χ1) is 12.4. The lowest BCUT2D eigenvalue weighted by molar-refractivity contribution is -0.0694. The maximum absolute atomic E-state index is 12.1. The third-order valence-corrected chi connectivity index (χ3v) is 5.22. The van der Waals surface area contributed by atoms with Gasteiger partial charge in [-0.2, -0.15) is 5.10 Å². The minimum absolute atomic E-state index is 0.0546. The van der Waals surface area contributed by atoms with Crippen LogP contribution in [0.1, 0.15) is 37.0 Å². The largest absolute Gasteiger partial charge is 0.490 e. The van der Waals surface area contributed by atoms with Gasteiger partial charge >= 0.3 is 5.97 Å². The van der Waals surface area contributed by atoms with Gasteiger partial charge in [0, 0.05) is 37.6 Å². The van der Waals surface area contributed by atoms with Gasteiger partial charge in [0.2, 0.25) is 0 Å². The number of benzene rings is 1. The maximum atomic E-state index is 12.1. The van der Waals surface area contributed by atoms with E-state index >= 15 is 0 Å². The molecule has 1 aliphatic carbocycles. The molecule has 5 rings (SSSR count). The van der Waals surface area contributed by atoms with Crippen molar-refractivity contribution in [2.45, 2.75) is 43.9 Å². The minimum Gasteiger partial charge on any atom is -0.490 e. The zero-order chi connectivity index (χ0) is 18.5. The van der Waals surface area contributed by atoms with Gasteiger partial charge in [-0.15, -0.1) is 0 Å². The molecule has 1 aromatic carbocycles. The fraction of sp³-hybridized carbons (Fsp3) is 0.579. The van der Waals surface area contributed by atoms with Crippen molar-refractivity contribution in [3.8, 4) is 5.75 Å². The molecule has 3 heterocycles. The topological polar surface area (TPSA) is 71.8 Å². The van der Waals surface area contributed by atoms with Crippen molar-refractivity contribution in [3.05, 3.63) is 23.9 Å². The molecule has 0 N–H and O–H groups in total. The van der Waals surface area contributed by atoms with Gasteiger partial charge in [0.1, 0.15) is 11.3 Å². The number of hydrogen-bond acceptors (Lipinski definition) is 6. The summed E-state index contributed by atoms with van der Waals surface area (Å²) in [6.45, 7) is 5.07. The summed E-state index contributed by atoms with van der Waals surface area (Å²) in [7, 11) is 3.07. The van der Waals surface area contributed by atoms with E-state index in [0.29, 0.717) is 24.5 Å². The van der Waals surface area contributed by atoms with Crippen LogP contribution in [0.15, 0.2) is 18.3 Å². The molecule has 1 saturated carbocycles. The average molecular weight is 360 g/mol. The first kappa shape index (κ1) is 17.3. The van der Waals surface area contributed by atoms with Crippen LogP contribution in [0.5, 0.6) is 5.75 Å². The molecule has 3 aliphatic rings. The molecule has 7 nitrogen and oxygen atoms in total. The van der Waals surface area contributed by atoms with E-state index in [-0.39, 0.29) is 17.2 Å². The summed E-state index contributed by atoms with van der Waals surface area (Å²) >= 11 is 0. The Balaban J connectivity index is 1.71. The maximum Gasteiger partial charge on any atom is 0.341 e. The van der Waals surface area contributed by atoms with Crippen molar-refractivity contribution in [1.29, 1.82) is 0 Å². The smallest absolute Gasteiger partial charge is 0.341 e. The number of carbonyl (C=O) groups is 1. The second-order valence-electron chi connectivity index (χ2n) is 7.62. The number of rotatable bonds is 6. The summed E-state index contributed by atoms with van der Waals surface area (Å²) in [5, 5.41) is 5.64. The van der Waals surface area contributed by atoms with Crippen molar-refractivity contribution >= 4 is 16.9 Å². The molecule has 2 aromatic rings. The minimum atomic E-state index is -0.416. The quantitative estimate of drug-likeness (QED) is 0.737. The summed E-state index contributed by atoms with van der Waals surface area (Å²) in [5.41, 5.74) is 0.910. The van der Waals surface area contributed by atoms with E-state index in [2.05, 4.69) is 0 Å². The predicted octanol–water partition coefficient (Wildman–Crippen LogP) is 2.51. The van der Waals surface area contributed by atoms with Gasteiger partial charge in [0.15, 0.2) is 0 Å². The van der Waals surface area contributed by atoms with Gasteiger partial charge in [0.25, 0.3) is 0 Å². The van der Waals surface area contributed by atoms with E-state index in [1.54, 1.807) is 13.2 Å². The first-order valence-electron chi connectivity index (χ1n) is 8.82. The molecule has 0 radical (unpaired) electrons.